The van der Waals surface area contributed by atoms with Gasteiger partial charge in [0.15, 0.2) is 6.10 Å². The molecule has 0 aliphatic carbocycles. The van der Waals surface area contributed by atoms with Crippen molar-refractivity contribution in [1.82, 2.24) is 10.3 Å². The topological polar surface area (TPSA) is 51.2 Å². The highest BCUT2D eigenvalue weighted by atomic mass is 19.4. The number of aromatic nitrogens is 1. The highest BCUT2D eigenvalue weighted by Crippen LogP contribution is 2.31. The van der Waals surface area contributed by atoms with Gasteiger partial charge in [0.25, 0.3) is 5.91 Å². The van der Waals surface area contributed by atoms with Gasteiger partial charge in [0.1, 0.15) is 5.75 Å². The number of rotatable bonds is 6. The average molecular weight is 352 g/mol. The molecule has 0 spiro atoms. The quantitative estimate of drug-likeness (QED) is 0.864. The second kappa shape index (κ2) is 8.00. The third-order valence-corrected chi connectivity index (χ3v) is 3.47. The summed E-state index contributed by atoms with van der Waals surface area (Å²) in [5.74, 6) is -0.407. The van der Waals surface area contributed by atoms with Gasteiger partial charge in [-0.05, 0) is 44.2 Å². The number of carbonyl (C=O) groups excluding carboxylic acids is 1. The van der Waals surface area contributed by atoms with Crippen molar-refractivity contribution < 1.29 is 22.7 Å². The maximum Gasteiger partial charge on any atom is 0.416 e. The first-order valence-electron chi connectivity index (χ1n) is 7.80. The van der Waals surface area contributed by atoms with Gasteiger partial charge < -0.3 is 10.1 Å². The Morgan fingerprint density at radius 3 is 2.60 bits per heavy atom. The zero-order valence-electron chi connectivity index (χ0n) is 13.9. The number of halogens is 3. The van der Waals surface area contributed by atoms with E-state index in [0.29, 0.717) is 6.42 Å². The smallest absolute Gasteiger partial charge is 0.416 e. The number of hydrogen-bond acceptors (Lipinski definition) is 3. The lowest BCUT2D eigenvalue weighted by atomic mass is 10.1. The van der Waals surface area contributed by atoms with Gasteiger partial charge >= 0.3 is 6.18 Å². The number of nitrogens with one attached hydrogen (secondary N) is 1. The molecular weight excluding hydrogens is 333 g/mol. The molecule has 4 nitrogen and oxygen atoms in total. The van der Waals surface area contributed by atoms with E-state index in [4.69, 9.17) is 4.74 Å². The third-order valence-electron chi connectivity index (χ3n) is 3.47. The monoisotopic (exact) mass is 352 g/mol. The van der Waals surface area contributed by atoms with Crippen molar-refractivity contribution in [2.45, 2.75) is 38.6 Å². The van der Waals surface area contributed by atoms with Crippen LogP contribution >= 0.6 is 0 Å². The van der Waals surface area contributed by atoms with E-state index in [1.165, 1.54) is 19.1 Å². The van der Waals surface area contributed by atoms with Gasteiger partial charge in [-0.3, -0.25) is 9.78 Å². The van der Waals surface area contributed by atoms with Crippen LogP contribution < -0.4 is 10.1 Å². The summed E-state index contributed by atoms with van der Waals surface area (Å²) in [6.07, 6.45) is -3.16. The molecule has 2 aromatic rings. The number of hydrogen-bond donors (Lipinski definition) is 1. The summed E-state index contributed by atoms with van der Waals surface area (Å²) in [5.41, 5.74) is 0.0166. The molecule has 2 atom stereocenters. The van der Waals surface area contributed by atoms with Gasteiger partial charge in [0, 0.05) is 24.4 Å². The fourth-order valence-electron chi connectivity index (χ4n) is 2.25. The molecule has 2 rings (SSSR count). The molecule has 0 bridgehead atoms. The molecule has 0 fully saturated rings. The number of carbonyl (C=O) groups is 1. The number of pyridine rings is 1. The number of amides is 1. The first-order chi connectivity index (χ1) is 11.8. The van der Waals surface area contributed by atoms with Crippen LogP contribution in [0.4, 0.5) is 13.2 Å². The lowest BCUT2D eigenvalue weighted by Gasteiger charge is -2.19. The van der Waals surface area contributed by atoms with E-state index in [2.05, 4.69) is 10.3 Å². The summed E-state index contributed by atoms with van der Waals surface area (Å²) in [4.78, 5) is 16.3. The summed E-state index contributed by atoms with van der Waals surface area (Å²) in [5, 5.41) is 2.77. The summed E-state index contributed by atoms with van der Waals surface area (Å²) >= 11 is 0. The van der Waals surface area contributed by atoms with Crippen LogP contribution in [0.3, 0.4) is 0 Å². The number of alkyl halides is 3. The van der Waals surface area contributed by atoms with Crippen LogP contribution in [0.25, 0.3) is 0 Å². The van der Waals surface area contributed by atoms with E-state index in [9.17, 15) is 18.0 Å². The van der Waals surface area contributed by atoms with Gasteiger partial charge in [-0.2, -0.15) is 13.2 Å². The summed E-state index contributed by atoms with van der Waals surface area (Å²) in [6.45, 7) is 3.31. The Hall–Kier alpha value is -2.57. The van der Waals surface area contributed by atoms with E-state index in [1.807, 2.05) is 19.1 Å². The minimum Gasteiger partial charge on any atom is -0.481 e. The lowest BCUT2D eigenvalue weighted by Crippen LogP contribution is -2.42. The Morgan fingerprint density at radius 1 is 1.20 bits per heavy atom. The molecule has 0 unspecified atom stereocenters. The molecular formula is C18H19F3N2O2. The standard InChI is InChI=1S/C18H19F3N2O2/c1-12(10-15-7-3-4-9-22-15)23-17(24)13(2)25-16-8-5-6-14(11-16)18(19,20)21/h3-9,11-13H,10H2,1-2H3,(H,23,24)/t12-,13+/m1/s1. The molecule has 1 aromatic carbocycles. The largest absolute Gasteiger partial charge is 0.481 e. The van der Waals surface area contributed by atoms with Crippen molar-refractivity contribution in [3.8, 4) is 5.75 Å². The summed E-state index contributed by atoms with van der Waals surface area (Å²) in [7, 11) is 0. The predicted molar refractivity (Wildman–Crippen MR) is 87.1 cm³/mol. The number of benzene rings is 1. The molecule has 1 N–H and O–H groups in total. The van der Waals surface area contributed by atoms with Crippen molar-refractivity contribution in [1.29, 1.82) is 0 Å². The highest BCUT2D eigenvalue weighted by Gasteiger charge is 2.31. The number of ether oxygens (including phenoxy) is 1. The second-order valence-corrected chi connectivity index (χ2v) is 5.72. The van der Waals surface area contributed by atoms with Crippen molar-refractivity contribution in [2.24, 2.45) is 0 Å². The maximum absolute atomic E-state index is 12.7. The first kappa shape index (κ1) is 18.8. The Bertz CT molecular complexity index is 705. The molecule has 0 saturated carbocycles. The van der Waals surface area contributed by atoms with Gasteiger partial charge in [-0.1, -0.05) is 12.1 Å². The Morgan fingerprint density at radius 2 is 1.96 bits per heavy atom. The van der Waals surface area contributed by atoms with Gasteiger partial charge in [-0.15, -0.1) is 0 Å². The molecule has 0 aliphatic rings. The van der Waals surface area contributed by atoms with E-state index in [0.717, 1.165) is 17.8 Å². The normalized spacial score (nSPS) is 13.8. The van der Waals surface area contributed by atoms with Crippen molar-refractivity contribution in [3.63, 3.8) is 0 Å². The average Bonchev–Trinajstić information content (AvgIpc) is 2.55. The molecule has 1 amide bonds. The Kier molecular flexibility index (Phi) is 6.01. The zero-order chi connectivity index (χ0) is 18.4. The van der Waals surface area contributed by atoms with Crippen molar-refractivity contribution >= 4 is 5.91 Å². The Balaban J connectivity index is 1.92. The lowest BCUT2D eigenvalue weighted by molar-refractivity contribution is -0.137. The van der Waals surface area contributed by atoms with Crippen LogP contribution in [0.1, 0.15) is 25.1 Å². The maximum atomic E-state index is 12.7. The second-order valence-electron chi connectivity index (χ2n) is 5.72. The SMILES string of the molecule is C[C@H](Cc1ccccn1)NC(=O)[C@H](C)Oc1cccc(C(F)(F)F)c1. The minimum atomic E-state index is -4.46. The summed E-state index contributed by atoms with van der Waals surface area (Å²) < 4.78 is 43.4. The molecule has 0 saturated heterocycles. The van der Waals surface area contributed by atoms with Crippen LogP contribution in [0.2, 0.25) is 0 Å². The molecule has 134 valence electrons. The van der Waals surface area contributed by atoms with Crippen LogP contribution in [0.5, 0.6) is 5.75 Å². The van der Waals surface area contributed by atoms with Gasteiger partial charge in [-0.25, -0.2) is 0 Å². The molecule has 0 aliphatic heterocycles. The third kappa shape index (κ3) is 5.77. The highest BCUT2D eigenvalue weighted by molar-refractivity contribution is 5.81. The Labute approximate surface area is 144 Å². The molecule has 1 heterocycles. The van der Waals surface area contributed by atoms with Gasteiger partial charge in [0.2, 0.25) is 0 Å². The van der Waals surface area contributed by atoms with Crippen molar-refractivity contribution in [2.75, 3.05) is 0 Å². The van der Waals surface area contributed by atoms with Crippen LogP contribution in [0.15, 0.2) is 48.7 Å². The minimum absolute atomic E-state index is 0.00476. The van der Waals surface area contributed by atoms with E-state index >= 15 is 0 Å². The summed E-state index contributed by atoms with van der Waals surface area (Å²) in [6, 6.07) is 9.78. The van der Waals surface area contributed by atoms with Crippen LogP contribution in [0, 0.1) is 0 Å². The van der Waals surface area contributed by atoms with Crippen LogP contribution in [-0.2, 0) is 17.4 Å². The van der Waals surface area contributed by atoms with E-state index < -0.39 is 23.8 Å². The van der Waals surface area contributed by atoms with E-state index in [-0.39, 0.29) is 11.8 Å². The molecule has 0 radical (unpaired) electrons. The zero-order valence-corrected chi connectivity index (χ0v) is 13.9. The van der Waals surface area contributed by atoms with E-state index in [1.54, 1.807) is 12.3 Å². The predicted octanol–water partition coefficient (Wildman–Crippen LogP) is 3.62. The first-order valence-corrected chi connectivity index (χ1v) is 7.80. The molecule has 25 heavy (non-hydrogen) atoms. The van der Waals surface area contributed by atoms with Gasteiger partial charge in [0.05, 0.1) is 5.56 Å². The fourth-order valence-corrected chi connectivity index (χ4v) is 2.25. The van der Waals surface area contributed by atoms with Crippen molar-refractivity contribution in [3.05, 3.63) is 59.9 Å². The molecule has 1 aromatic heterocycles. The fraction of sp³-hybridized carbons (Fsp3) is 0.333. The van der Waals surface area contributed by atoms with Crippen LogP contribution in [-0.4, -0.2) is 23.0 Å². The number of nitrogens with zero attached hydrogens (tertiary/aromatic N) is 1. The molecule has 7 heteroatoms.